The van der Waals surface area contributed by atoms with Gasteiger partial charge in [0.1, 0.15) is 24.4 Å². The summed E-state index contributed by atoms with van der Waals surface area (Å²) in [4.78, 5) is 70.2. The van der Waals surface area contributed by atoms with E-state index in [0.717, 1.165) is 5.56 Å². The highest BCUT2D eigenvalue weighted by Crippen LogP contribution is 2.28. The van der Waals surface area contributed by atoms with Gasteiger partial charge < -0.3 is 40.0 Å². The van der Waals surface area contributed by atoms with E-state index < -0.39 is 23.9 Å². The number of fused-ring (bicyclic) bond motifs is 2. The Labute approximate surface area is 300 Å². The molecule has 3 N–H and O–H groups in total. The largest absolute Gasteiger partial charge is 0.493 e. The second-order valence-electron chi connectivity index (χ2n) is 13.5. The third kappa shape index (κ3) is 11.1. The van der Waals surface area contributed by atoms with Crippen molar-refractivity contribution in [3.05, 3.63) is 53.6 Å². The number of nitrogens with zero attached hydrogens (tertiary/aromatic N) is 2. The van der Waals surface area contributed by atoms with E-state index >= 15 is 0 Å². The Hall–Kier alpha value is -4.81. The van der Waals surface area contributed by atoms with Crippen LogP contribution in [0.25, 0.3) is 0 Å². The molecule has 51 heavy (non-hydrogen) atoms. The van der Waals surface area contributed by atoms with Gasteiger partial charge in [0.25, 0.3) is 5.91 Å². The number of methoxy groups -OCH3 is 1. The Morgan fingerprint density at radius 2 is 1.84 bits per heavy atom. The van der Waals surface area contributed by atoms with Gasteiger partial charge in [0.05, 0.1) is 31.9 Å². The van der Waals surface area contributed by atoms with Crippen LogP contribution in [0.15, 0.2) is 42.5 Å². The minimum atomic E-state index is -1.02. The van der Waals surface area contributed by atoms with Gasteiger partial charge in [-0.05, 0) is 81.2 Å². The number of hydrogen-bond acceptors (Lipinski definition) is 8. The molecule has 0 bridgehead atoms. The van der Waals surface area contributed by atoms with Crippen LogP contribution in [0.4, 0.5) is 0 Å². The van der Waals surface area contributed by atoms with Crippen LogP contribution < -0.4 is 30.2 Å². The van der Waals surface area contributed by atoms with E-state index in [2.05, 4.69) is 16.0 Å². The number of carbonyl (C=O) groups is 5. The standard InChI is InChI=1S/C38H53N5O8/c1-6-50-32-17-15-26(22-33(32)49-5)11-9-19-39-37(47)29-16-18-35(45)43-20-10-13-30(43)38(48)42(4)23-34(44)40-27(21-25(2)3)24-51-31-14-8-7-12-28(31)36(46)41-29/h7-8,12,14-15,17,22,25,27,29-30H,6,9-11,13,16,18-21,23-24H2,1-5H3,(H,39,47)(H,40,44)(H,41,46)/t27-,29-,30-/m0/s1. The number of para-hydroxylation sites is 1. The number of hydrogen-bond donors (Lipinski definition) is 3. The second kappa shape index (κ2) is 19.0. The van der Waals surface area contributed by atoms with E-state index in [1.165, 1.54) is 9.80 Å². The van der Waals surface area contributed by atoms with E-state index in [1.807, 2.05) is 39.0 Å². The fourth-order valence-electron chi connectivity index (χ4n) is 6.54. The number of likely N-dealkylation sites (N-methyl/N-ethyl adjacent to an activating group) is 1. The predicted molar refractivity (Wildman–Crippen MR) is 192 cm³/mol. The van der Waals surface area contributed by atoms with Crippen molar-refractivity contribution in [2.75, 3.05) is 47.0 Å². The highest BCUT2D eigenvalue weighted by molar-refractivity contribution is 6.00. The smallest absolute Gasteiger partial charge is 0.255 e. The molecule has 1 saturated heterocycles. The molecule has 0 aliphatic carbocycles. The summed E-state index contributed by atoms with van der Waals surface area (Å²) in [5.74, 6) is -0.0419. The maximum absolute atomic E-state index is 13.7. The molecule has 0 spiro atoms. The third-order valence-corrected chi connectivity index (χ3v) is 9.05. The minimum absolute atomic E-state index is 0.0294. The van der Waals surface area contributed by atoms with Crippen LogP contribution in [0.5, 0.6) is 17.2 Å². The molecule has 4 rings (SSSR count). The van der Waals surface area contributed by atoms with E-state index in [-0.39, 0.29) is 61.2 Å². The molecule has 2 aliphatic rings. The number of nitrogens with one attached hydrogen (secondary N) is 3. The van der Waals surface area contributed by atoms with Crippen LogP contribution in [0.1, 0.15) is 75.2 Å². The van der Waals surface area contributed by atoms with Gasteiger partial charge in [-0.25, -0.2) is 0 Å². The molecule has 13 nitrogen and oxygen atoms in total. The maximum Gasteiger partial charge on any atom is 0.255 e. The lowest BCUT2D eigenvalue weighted by molar-refractivity contribution is -0.144. The summed E-state index contributed by atoms with van der Waals surface area (Å²) >= 11 is 0. The molecule has 2 aromatic rings. The van der Waals surface area contributed by atoms with Crippen molar-refractivity contribution in [3.63, 3.8) is 0 Å². The predicted octanol–water partition coefficient (Wildman–Crippen LogP) is 3.09. The molecule has 13 heteroatoms. The average molecular weight is 708 g/mol. The first kappa shape index (κ1) is 39.0. The quantitative estimate of drug-likeness (QED) is 0.319. The Bertz CT molecular complexity index is 1530. The summed E-state index contributed by atoms with van der Waals surface area (Å²) in [6.07, 6.45) is 3.00. The normalized spacial score (nSPS) is 20.7. The Morgan fingerprint density at radius 3 is 2.59 bits per heavy atom. The van der Waals surface area contributed by atoms with Crippen molar-refractivity contribution < 1.29 is 38.2 Å². The summed E-state index contributed by atoms with van der Waals surface area (Å²) in [7, 11) is 3.15. The van der Waals surface area contributed by atoms with Crippen LogP contribution in [0.2, 0.25) is 0 Å². The van der Waals surface area contributed by atoms with Crippen molar-refractivity contribution in [3.8, 4) is 17.2 Å². The molecule has 2 aromatic carbocycles. The highest BCUT2D eigenvalue weighted by Gasteiger charge is 2.37. The van der Waals surface area contributed by atoms with Gasteiger partial charge in [-0.2, -0.15) is 0 Å². The number of carbonyl (C=O) groups excluding carboxylic acids is 5. The number of amides is 5. The lowest BCUT2D eigenvalue weighted by atomic mass is 10.0. The van der Waals surface area contributed by atoms with Crippen LogP contribution in [-0.4, -0.2) is 104 Å². The Balaban J connectivity index is 1.52. The van der Waals surface area contributed by atoms with Gasteiger partial charge in [-0.1, -0.05) is 32.0 Å². The Morgan fingerprint density at radius 1 is 1.06 bits per heavy atom. The molecule has 0 aromatic heterocycles. The van der Waals surface area contributed by atoms with Crippen molar-refractivity contribution >= 4 is 29.5 Å². The van der Waals surface area contributed by atoms with E-state index in [1.54, 1.807) is 38.4 Å². The average Bonchev–Trinajstić information content (AvgIpc) is 3.60. The zero-order chi connectivity index (χ0) is 36.9. The summed E-state index contributed by atoms with van der Waals surface area (Å²) < 4.78 is 17.2. The van der Waals surface area contributed by atoms with Crippen molar-refractivity contribution in [1.29, 1.82) is 0 Å². The minimum Gasteiger partial charge on any atom is -0.493 e. The number of ether oxygens (including phenoxy) is 3. The zero-order valence-electron chi connectivity index (χ0n) is 30.5. The SMILES string of the molecule is CCOc1ccc(CCCNC(=O)[C@@H]2CCC(=O)N3CCC[C@H]3C(=O)N(C)CC(=O)N[C@@H](CC(C)C)COc3ccccc3C(=O)N2)cc1OC. The number of aryl methyl sites for hydroxylation is 1. The third-order valence-electron chi connectivity index (χ3n) is 9.05. The first-order valence-corrected chi connectivity index (χ1v) is 17.9. The van der Waals surface area contributed by atoms with Gasteiger partial charge in [-0.3, -0.25) is 24.0 Å². The molecule has 0 unspecified atom stereocenters. The van der Waals surface area contributed by atoms with Crippen molar-refractivity contribution in [2.45, 2.75) is 83.8 Å². The summed E-state index contributed by atoms with van der Waals surface area (Å²) in [6.45, 7) is 7.16. The molecule has 1 fully saturated rings. The summed E-state index contributed by atoms with van der Waals surface area (Å²) in [5, 5.41) is 8.75. The summed E-state index contributed by atoms with van der Waals surface area (Å²) in [5.41, 5.74) is 1.25. The molecular formula is C38H53N5O8. The van der Waals surface area contributed by atoms with Crippen molar-refractivity contribution in [1.82, 2.24) is 25.8 Å². The second-order valence-corrected chi connectivity index (χ2v) is 13.5. The van der Waals surface area contributed by atoms with E-state index in [0.29, 0.717) is 69.0 Å². The highest BCUT2D eigenvalue weighted by atomic mass is 16.5. The fourth-order valence-corrected chi connectivity index (χ4v) is 6.54. The lowest BCUT2D eigenvalue weighted by Gasteiger charge is -2.29. The molecule has 5 amide bonds. The molecule has 2 heterocycles. The first-order chi connectivity index (χ1) is 24.5. The van der Waals surface area contributed by atoms with Gasteiger partial charge in [0, 0.05) is 26.6 Å². The van der Waals surface area contributed by atoms with Gasteiger partial charge in [0.2, 0.25) is 23.6 Å². The topological polar surface area (TPSA) is 156 Å². The monoisotopic (exact) mass is 707 g/mol. The van der Waals surface area contributed by atoms with Gasteiger partial charge >= 0.3 is 0 Å². The Kier molecular flexibility index (Phi) is 14.5. The lowest BCUT2D eigenvalue weighted by Crippen LogP contribution is -2.51. The molecule has 0 radical (unpaired) electrons. The van der Waals surface area contributed by atoms with Gasteiger partial charge in [-0.15, -0.1) is 0 Å². The van der Waals surface area contributed by atoms with E-state index in [9.17, 15) is 24.0 Å². The maximum atomic E-state index is 13.7. The van der Waals surface area contributed by atoms with Crippen molar-refractivity contribution in [2.24, 2.45) is 5.92 Å². The molecule has 278 valence electrons. The van der Waals surface area contributed by atoms with Crippen LogP contribution in [-0.2, 0) is 25.6 Å². The zero-order valence-corrected chi connectivity index (χ0v) is 30.5. The molecule has 2 aliphatic heterocycles. The van der Waals surface area contributed by atoms with Gasteiger partial charge in [0.15, 0.2) is 11.5 Å². The first-order valence-electron chi connectivity index (χ1n) is 17.9. The van der Waals surface area contributed by atoms with Crippen LogP contribution >= 0.6 is 0 Å². The summed E-state index contributed by atoms with van der Waals surface area (Å²) in [6, 6.07) is 10.4. The van der Waals surface area contributed by atoms with Crippen LogP contribution in [0.3, 0.4) is 0 Å². The molecule has 0 saturated carbocycles. The molecular weight excluding hydrogens is 654 g/mol. The number of rotatable bonds is 10. The fraction of sp³-hybridized carbons (Fsp3) is 0.553. The number of benzene rings is 2. The van der Waals surface area contributed by atoms with E-state index in [4.69, 9.17) is 14.2 Å². The van der Waals surface area contributed by atoms with Crippen LogP contribution in [0, 0.1) is 5.92 Å². The molecule has 3 atom stereocenters.